The molecule has 0 bridgehead atoms. The predicted octanol–water partition coefficient (Wildman–Crippen LogP) is 0.483. The fraction of sp³-hybridized carbons (Fsp3) is 0.455. The molecule has 0 amide bonds. The van der Waals surface area contributed by atoms with Gasteiger partial charge in [-0.25, -0.2) is 9.29 Å². The molecule has 7 nitrogen and oxygen atoms in total. The second kappa shape index (κ2) is 5.98. The van der Waals surface area contributed by atoms with Crippen LogP contribution < -0.4 is 10.0 Å². The van der Waals surface area contributed by atoms with Crippen molar-refractivity contribution in [2.75, 3.05) is 11.4 Å². The lowest BCUT2D eigenvalue weighted by Crippen LogP contribution is -2.32. The molecule has 0 unspecified atom stereocenters. The van der Waals surface area contributed by atoms with Gasteiger partial charge in [-0.05, 0) is 18.6 Å². The van der Waals surface area contributed by atoms with Crippen molar-refractivity contribution in [2.24, 2.45) is 5.73 Å². The van der Waals surface area contributed by atoms with E-state index in [1.54, 1.807) is 13.0 Å². The summed E-state index contributed by atoms with van der Waals surface area (Å²) in [7, 11) is -2.95. The van der Waals surface area contributed by atoms with Gasteiger partial charge in [0.25, 0.3) is 0 Å². The van der Waals surface area contributed by atoms with Crippen LogP contribution in [-0.4, -0.2) is 26.4 Å². The minimum Gasteiger partial charge on any atom is -0.330 e. The minimum atomic E-state index is -4.21. The third kappa shape index (κ3) is 3.42. The van der Waals surface area contributed by atoms with Gasteiger partial charge in [0, 0.05) is 31.8 Å². The summed E-state index contributed by atoms with van der Waals surface area (Å²) in [5.41, 5.74) is 6.99. The third-order valence-electron chi connectivity index (χ3n) is 2.59. The predicted molar refractivity (Wildman–Crippen MR) is 70.6 cm³/mol. The van der Waals surface area contributed by atoms with Crippen LogP contribution in [0.15, 0.2) is 12.3 Å². The lowest BCUT2D eigenvalue weighted by molar-refractivity contribution is -0.133. The van der Waals surface area contributed by atoms with E-state index in [0.717, 1.165) is 9.87 Å². The van der Waals surface area contributed by atoms with Gasteiger partial charge < -0.3 is 9.92 Å². The molecule has 0 saturated heterocycles. The van der Waals surface area contributed by atoms with E-state index in [-0.39, 0.29) is 18.8 Å². The molecule has 0 atom stereocenters. The van der Waals surface area contributed by atoms with Crippen molar-refractivity contribution < 1.29 is 17.4 Å². The Labute approximate surface area is 112 Å². The molecule has 0 aromatic carbocycles. The molecule has 0 spiro atoms. The summed E-state index contributed by atoms with van der Waals surface area (Å²) in [4.78, 5) is 15.1. The number of pyridine rings is 1. The molecule has 0 aliphatic rings. The Bertz CT molecular complexity index is 571. The first-order valence-electron chi connectivity index (χ1n) is 5.69. The SMILES string of the molecule is CCC(=O)OS(=O)(=O)N(C)c1nccc(C)c1CN. The van der Waals surface area contributed by atoms with Crippen molar-refractivity contribution in [3.8, 4) is 0 Å². The number of aryl methyl sites for hydroxylation is 1. The molecule has 1 rings (SSSR count). The standard InChI is InChI=1S/C11H17N3O4S/c1-4-10(15)18-19(16,17)14(3)11-9(7-12)8(2)5-6-13-11/h5-6H,4,7,12H2,1-3H3. The summed E-state index contributed by atoms with van der Waals surface area (Å²) in [5, 5.41) is 0. The van der Waals surface area contributed by atoms with Gasteiger partial charge >= 0.3 is 16.3 Å². The highest BCUT2D eigenvalue weighted by Crippen LogP contribution is 2.22. The number of hydrogen-bond donors (Lipinski definition) is 1. The van der Waals surface area contributed by atoms with Crippen molar-refractivity contribution in [2.45, 2.75) is 26.8 Å². The maximum atomic E-state index is 11.9. The van der Waals surface area contributed by atoms with Crippen LogP contribution in [0.25, 0.3) is 0 Å². The first-order chi connectivity index (χ1) is 8.83. The first kappa shape index (κ1) is 15.4. The topological polar surface area (TPSA) is 103 Å². The van der Waals surface area contributed by atoms with Crippen LogP contribution in [-0.2, 0) is 25.8 Å². The lowest BCUT2D eigenvalue weighted by atomic mass is 10.1. The highest BCUT2D eigenvalue weighted by atomic mass is 32.2. The van der Waals surface area contributed by atoms with Gasteiger partial charge in [0.1, 0.15) is 5.82 Å². The van der Waals surface area contributed by atoms with Crippen LogP contribution in [0.3, 0.4) is 0 Å². The monoisotopic (exact) mass is 287 g/mol. The van der Waals surface area contributed by atoms with Gasteiger partial charge in [-0.1, -0.05) is 6.92 Å². The van der Waals surface area contributed by atoms with Crippen LogP contribution >= 0.6 is 0 Å². The number of nitrogens with zero attached hydrogens (tertiary/aromatic N) is 2. The van der Waals surface area contributed by atoms with E-state index in [1.807, 2.05) is 0 Å². The van der Waals surface area contributed by atoms with Crippen molar-refractivity contribution in [1.29, 1.82) is 0 Å². The molecule has 1 aromatic heterocycles. The largest absolute Gasteiger partial charge is 0.413 e. The molecular formula is C11H17N3O4S. The number of nitrogens with two attached hydrogens (primary N) is 1. The lowest BCUT2D eigenvalue weighted by Gasteiger charge is -2.20. The molecule has 0 fully saturated rings. The van der Waals surface area contributed by atoms with Gasteiger partial charge in [-0.2, -0.15) is 8.42 Å². The second-order valence-electron chi connectivity index (χ2n) is 3.87. The highest BCUT2D eigenvalue weighted by Gasteiger charge is 2.26. The van der Waals surface area contributed by atoms with Gasteiger partial charge in [0.05, 0.1) is 0 Å². The van der Waals surface area contributed by atoms with E-state index >= 15 is 0 Å². The molecule has 2 N–H and O–H groups in total. The summed E-state index contributed by atoms with van der Waals surface area (Å²) < 4.78 is 29.0. The van der Waals surface area contributed by atoms with Crippen LogP contribution in [0.4, 0.5) is 5.82 Å². The van der Waals surface area contributed by atoms with E-state index in [2.05, 4.69) is 9.17 Å². The van der Waals surface area contributed by atoms with Crippen LogP contribution in [0.2, 0.25) is 0 Å². The molecule has 0 radical (unpaired) electrons. The Morgan fingerprint density at radius 1 is 1.53 bits per heavy atom. The molecule has 0 saturated carbocycles. The van der Waals surface area contributed by atoms with Crippen LogP contribution in [0.5, 0.6) is 0 Å². The fourth-order valence-corrected chi connectivity index (χ4v) is 2.27. The van der Waals surface area contributed by atoms with Crippen LogP contribution in [0.1, 0.15) is 24.5 Å². The van der Waals surface area contributed by atoms with E-state index in [4.69, 9.17) is 5.73 Å². The van der Waals surface area contributed by atoms with Gasteiger partial charge in [0.2, 0.25) is 0 Å². The van der Waals surface area contributed by atoms with E-state index in [9.17, 15) is 13.2 Å². The molecule has 0 aliphatic carbocycles. The van der Waals surface area contributed by atoms with Crippen molar-refractivity contribution in [3.05, 3.63) is 23.4 Å². The Morgan fingerprint density at radius 3 is 2.68 bits per heavy atom. The van der Waals surface area contributed by atoms with Gasteiger partial charge in [-0.3, -0.25) is 4.79 Å². The quantitative estimate of drug-likeness (QED) is 0.845. The number of carbonyl (C=O) groups excluding carboxylic acids is 1. The summed E-state index contributed by atoms with van der Waals surface area (Å²) in [6.45, 7) is 3.44. The number of aromatic nitrogens is 1. The maximum absolute atomic E-state index is 11.9. The van der Waals surface area contributed by atoms with Gasteiger partial charge in [-0.15, -0.1) is 0 Å². The normalized spacial score (nSPS) is 11.2. The average Bonchev–Trinajstić information content (AvgIpc) is 2.36. The summed E-state index contributed by atoms with van der Waals surface area (Å²) >= 11 is 0. The Morgan fingerprint density at radius 2 is 2.16 bits per heavy atom. The van der Waals surface area contributed by atoms with Crippen molar-refractivity contribution in [1.82, 2.24) is 4.98 Å². The summed E-state index contributed by atoms with van der Waals surface area (Å²) in [5.74, 6) is -0.666. The number of anilines is 1. The zero-order chi connectivity index (χ0) is 14.6. The zero-order valence-electron chi connectivity index (χ0n) is 11.1. The number of carbonyl (C=O) groups is 1. The summed E-state index contributed by atoms with van der Waals surface area (Å²) in [6.07, 6.45) is 1.44. The van der Waals surface area contributed by atoms with E-state index in [1.165, 1.54) is 20.2 Å². The smallest absolute Gasteiger partial charge is 0.330 e. The molecule has 1 aromatic rings. The summed E-state index contributed by atoms with van der Waals surface area (Å²) in [6, 6.07) is 1.73. The molecule has 1 heterocycles. The maximum Gasteiger partial charge on any atom is 0.413 e. The third-order valence-corrected chi connectivity index (χ3v) is 3.83. The minimum absolute atomic E-state index is 0.0297. The van der Waals surface area contributed by atoms with Crippen molar-refractivity contribution in [3.63, 3.8) is 0 Å². The average molecular weight is 287 g/mol. The fourth-order valence-electron chi connectivity index (χ4n) is 1.44. The van der Waals surface area contributed by atoms with Crippen LogP contribution in [0, 0.1) is 6.92 Å². The van der Waals surface area contributed by atoms with Crippen molar-refractivity contribution >= 4 is 22.1 Å². The molecule has 0 aliphatic heterocycles. The molecule has 8 heteroatoms. The highest BCUT2D eigenvalue weighted by molar-refractivity contribution is 7.88. The molecule has 19 heavy (non-hydrogen) atoms. The van der Waals surface area contributed by atoms with E-state index in [0.29, 0.717) is 5.56 Å². The van der Waals surface area contributed by atoms with E-state index < -0.39 is 16.3 Å². The molecule has 106 valence electrons. The number of rotatable bonds is 5. The molecular weight excluding hydrogens is 270 g/mol. The number of hydrogen-bond acceptors (Lipinski definition) is 6. The Kier molecular flexibility index (Phi) is 4.84. The Balaban J connectivity index is 3.16. The van der Waals surface area contributed by atoms with Gasteiger partial charge in [0.15, 0.2) is 0 Å². The zero-order valence-corrected chi connectivity index (χ0v) is 11.9. The second-order valence-corrected chi connectivity index (χ2v) is 5.44. The first-order valence-corrected chi connectivity index (χ1v) is 7.05. The Hall–Kier alpha value is -1.67.